The molecule has 1 aliphatic heterocycles. The van der Waals surface area contributed by atoms with Crippen LogP contribution in [0.1, 0.15) is 12.0 Å². The Kier molecular flexibility index (Phi) is 2.77. The van der Waals surface area contributed by atoms with Crippen molar-refractivity contribution in [3.63, 3.8) is 0 Å². The molecule has 17 heavy (non-hydrogen) atoms. The van der Waals surface area contributed by atoms with Crippen molar-refractivity contribution >= 4 is 10.9 Å². The molecule has 0 bridgehead atoms. The van der Waals surface area contributed by atoms with Gasteiger partial charge in [0.1, 0.15) is 5.75 Å². The topological polar surface area (TPSA) is 28.3 Å². The average molecular weight is 230 g/mol. The molecule has 0 radical (unpaired) electrons. The summed E-state index contributed by atoms with van der Waals surface area (Å²) in [6.07, 6.45) is 4.60. The highest BCUT2D eigenvalue weighted by Gasteiger charge is 2.14. The minimum Gasteiger partial charge on any atom is -0.495 e. The molecule has 0 saturated carbocycles. The largest absolute Gasteiger partial charge is 0.495 e. The third-order valence-corrected chi connectivity index (χ3v) is 3.63. The van der Waals surface area contributed by atoms with Gasteiger partial charge in [-0.2, -0.15) is 0 Å². The number of methoxy groups -OCH3 is 1. The molecule has 0 unspecified atom stereocenters. The van der Waals surface area contributed by atoms with Gasteiger partial charge in [-0.1, -0.05) is 12.1 Å². The summed E-state index contributed by atoms with van der Waals surface area (Å²) < 4.78 is 5.36. The number of hydrogen-bond donors (Lipinski definition) is 1. The second kappa shape index (κ2) is 4.41. The van der Waals surface area contributed by atoms with E-state index in [4.69, 9.17) is 4.74 Å². The predicted molar refractivity (Wildman–Crippen MR) is 69.6 cm³/mol. The van der Waals surface area contributed by atoms with Gasteiger partial charge in [0.25, 0.3) is 0 Å². The fourth-order valence-electron chi connectivity index (χ4n) is 2.45. The SMILES string of the molecule is COc1cccc2c(CCN3CCC3)c[nH]c12. The van der Waals surface area contributed by atoms with E-state index in [1.54, 1.807) is 7.11 Å². The van der Waals surface area contributed by atoms with Crippen molar-refractivity contribution in [2.24, 2.45) is 0 Å². The number of hydrogen-bond acceptors (Lipinski definition) is 2. The van der Waals surface area contributed by atoms with Crippen molar-refractivity contribution < 1.29 is 4.74 Å². The first-order valence-corrected chi connectivity index (χ1v) is 6.24. The molecule has 0 amide bonds. The van der Waals surface area contributed by atoms with Crippen LogP contribution in [-0.2, 0) is 6.42 Å². The van der Waals surface area contributed by atoms with Crippen LogP contribution in [0.4, 0.5) is 0 Å². The van der Waals surface area contributed by atoms with E-state index in [1.807, 2.05) is 6.07 Å². The van der Waals surface area contributed by atoms with Crippen molar-refractivity contribution in [3.8, 4) is 5.75 Å². The third-order valence-electron chi connectivity index (χ3n) is 3.63. The van der Waals surface area contributed by atoms with Crippen LogP contribution in [0.5, 0.6) is 5.75 Å². The van der Waals surface area contributed by atoms with E-state index in [2.05, 4.69) is 28.2 Å². The number of fused-ring (bicyclic) bond motifs is 1. The molecule has 1 saturated heterocycles. The van der Waals surface area contributed by atoms with Gasteiger partial charge >= 0.3 is 0 Å². The molecule has 0 aliphatic carbocycles. The van der Waals surface area contributed by atoms with Crippen molar-refractivity contribution in [1.82, 2.24) is 9.88 Å². The summed E-state index contributed by atoms with van der Waals surface area (Å²) in [5, 5.41) is 1.30. The summed E-state index contributed by atoms with van der Waals surface area (Å²) in [4.78, 5) is 5.82. The van der Waals surface area contributed by atoms with Gasteiger partial charge in [-0.3, -0.25) is 0 Å². The highest BCUT2D eigenvalue weighted by atomic mass is 16.5. The minimum absolute atomic E-state index is 0.928. The Balaban J connectivity index is 1.84. The first-order valence-electron chi connectivity index (χ1n) is 6.24. The van der Waals surface area contributed by atoms with Crippen LogP contribution in [0.2, 0.25) is 0 Å². The molecule has 1 aromatic heterocycles. The van der Waals surface area contributed by atoms with Gasteiger partial charge in [0.05, 0.1) is 12.6 Å². The Morgan fingerprint density at radius 2 is 2.24 bits per heavy atom. The lowest BCUT2D eigenvalue weighted by Gasteiger charge is -2.30. The maximum absolute atomic E-state index is 5.36. The average Bonchev–Trinajstić information content (AvgIpc) is 2.70. The first-order chi connectivity index (χ1) is 8.38. The number of ether oxygens (including phenoxy) is 1. The maximum atomic E-state index is 5.36. The molecule has 3 rings (SSSR count). The molecule has 3 nitrogen and oxygen atoms in total. The number of rotatable bonds is 4. The Morgan fingerprint density at radius 3 is 2.94 bits per heavy atom. The molecule has 90 valence electrons. The quantitative estimate of drug-likeness (QED) is 0.873. The zero-order valence-electron chi connectivity index (χ0n) is 10.2. The first kappa shape index (κ1) is 10.7. The van der Waals surface area contributed by atoms with Crippen molar-refractivity contribution in [1.29, 1.82) is 0 Å². The third kappa shape index (κ3) is 1.91. The standard InChI is InChI=1S/C14H18N2O/c1-17-13-5-2-4-12-11(10-15-14(12)13)6-9-16-7-3-8-16/h2,4-5,10,15H,3,6-9H2,1H3. The van der Waals surface area contributed by atoms with Gasteiger partial charge in [-0.05, 0) is 37.6 Å². The van der Waals surface area contributed by atoms with Crippen molar-refractivity contribution in [2.45, 2.75) is 12.8 Å². The number of benzene rings is 1. The van der Waals surface area contributed by atoms with E-state index in [0.29, 0.717) is 0 Å². The van der Waals surface area contributed by atoms with Gasteiger partial charge in [0.2, 0.25) is 0 Å². The lowest BCUT2D eigenvalue weighted by molar-refractivity contribution is 0.184. The summed E-state index contributed by atoms with van der Waals surface area (Å²) in [7, 11) is 1.72. The number of likely N-dealkylation sites (tertiary alicyclic amines) is 1. The second-order valence-corrected chi connectivity index (χ2v) is 4.64. The molecule has 2 heterocycles. The highest BCUT2D eigenvalue weighted by molar-refractivity contribution is 5.88. The normalized spacial score (nSPS) is 16.1. The summed E-state index contributed by atoms with van der Waals surface area (Å²) >= 11 is 0. The number of para-hydroxylation sites is 1. The van der Waals surface area contributed by atoms with Gasteiger partial charge < -0.3 is 14.6 Å². The molecular formula is C14H18N2O. The highest BCUT2D eigenvalue weighted by Crippen LogP contribution is 2.27. The zero-order valence-corrected chi connectivity index (χ0v) is 10.2. The Hall–Kier alpha value is -1.48. The number of aromatic nitrogens is 1. The van der Waals surface area contributed by atoms with Crippen LogP contribution in [0.3, 0.4) is 0 Å². The van der Waals surface area contributed by atoms with E-state index < -0.39 is 0 Å². The van der Waals surface area contributed by atoms with E-state index in [1.165, 1.54) is 37.0 Å². The van der Waals surface area contributed by atoms with Gasteiger partial charge in [-0.25, -0.2) is 0 Å². The van der Waals surface area contributed by atoms with Crippen LogP contribution >= 0.6 is 0 Å². The fraction of sp³-hybridized carbons (Fsp3) is 0.429. The molecule has 1 N–H and O–H groups in total. The van der Waals surface area contributed by atoms with Gasteiger partial charge in [-0.15, -0.1) is 0 Å². The number of aromatic amines is 1. The second-order valence-electron chi connectivity index (χ2n) is 4.64. The van der Waals surface area contributed by atoms with Crippen molar-refractivity contribution in [3.05, 3.63) is 30.0 Å². The minimum atomic E-state index is 0.928. The summed E-state index contributed by atoms with van der Waals surface area (Å²) in [6, 6.07) is 6.22. The van der Waals surface area contributed by atoms with Crippen LogP contribution in [0.25, 0.3) is 10.9 Å². The monoisotopic (exact) mass is 230 g/mol. The van der Waals surface area contributed by atoms with E-state index in [-0.39, 0.29) is 0 Å². The van der Waals surface area contributed by atoms with Crippen LogP contribution in [-0.4, -0.2) is 36.6 Å². The summed E-state index contributed by atoms with van der Waals surface area (Å²) in [5.41, 5.74) is 2.51. The predicted octanol–water partition coefficient (Wildman–Crippen LogP) is 2.42. The van der Waals surface area contributed by atoms with Crippen LogP contribution in [0, 0.1) is 0 Å². The lowest BCUT2D eigenvalue weighted by atomic mass is 10.1. The summed E-state index contributed by atoms with van der Waals surface area (Å²) in [6.45, 7) is 3.71. The molecule has 1 fully saturated rings. The Labute approximate surface area is 101 Å². The molecule has 0 spiro atoms. The fourth-order valence-corrected chi connectivity index (χ4v) is 2.45. The molecule has 2 aromatic rings. The molecule has 1 aliphatic rings. The maximum Gasteiger partial charge on any atom is 0.142 e. The Morgan fingerprint density at radius 1 is 1.35 bits per heavy atom. The summed E-state index contributed by atoms with van der Waals surface area (Å²) in [5.74, 6) is 0.928. The number of H-pyrrole nitrogens is 1. The van der Waals surface area contributed by atoms with Crippen LogP contribution < -0.4 is 4.74 Å². The lowest BCUT2D eigenvalue weighted by Crippen LogP contribution is -2.38. The zero-order chi connectivity index (χ0) is 11.7. The van der Waals surface area contributed by atoms with Crippen LogP contribution in [0.15, 0.2) is 24.4 Å². The van der Waals surface area contributed by atoms with E-state index in [0.717, 1.165) is 17.7 Å². The van der Waals surface area contributed by atoms with E-state index in [9.17, 15) is 0 Å². The molecule has 1 aromatic carbocycles. The molecule has 0 atom stereocenters. The van der Waals surface area contributed by atoms with E-state index >= 15 is 0 Å². The smallest absolute Gasteiger partial charge is 0.142 e. The van der Waals surface area contributed by atoms with Crippen molar-refractivity contribution in [2.75, 3.05) is 26.7 Å². The number of nitrogens with zero attached hydrogens (tertiary/aromatic N) is 1. The number of nitrogens with one attached hydrogen (secondary N) is 1. The van der Waals surface area contributed by atoms with Gasteiger partial charge in [0.15, 0.2) is 0 Å². The Bertz CT molecular complexity index is 514. The molecular weight excluding hydrogens is 212 g/mol. The molecule has 3 heteroatoms. The van der Waals surface area contributed by atoms with Gasteiger partial charge in [0, 0.05) is 18.1 Å².